The van der Waals surface area contributed by atoms with E-state index in [-0.39, 0.29) is 31.1 Å². The van der Waals surface area contributed by atoms with E-state index in [0.29, 0.717) is 18.4 Å². The maximum atomic E-state index is 13.8. The highest BCUT2D eigenvalue weighted by Gasteiger charge is 2.42. The Balaban J connectivity index is 1.24. The Morgan fingerprint density at radius 1 is 1.05 bits per heavy atom. The molecule has 3 heterocycles. The number of nitrogens with one attached hydrogen (secondary N) is 2. The van der Waals surface area contributed by atoms with E-state index in [0.717, 1.165) is 26.9 Å². The van der Waals surface area contributed by atoms with Crippen LogP contribution in [0.25, 0.3) is 10.1 Å². The first kappa shape index (κ1) is 26.0. The summed E-state index contributed by atoms with van der Waals surface area (Å²) in [7, 11) is 0. The second-order valence-electron chi connectivity index (χ2n) is 10.6. The fraction of sp³-hybridized carbons (Fsp3) is 0.290. The van der Waals surface area contributed by atoms with Crippen molar-refractivity contribution in [3.63, 3.8) is 0 Å². The normalized spacial score (nSPS) is 20.8. The number of carbonyl (C=O) groups is 4. The van der Waals surface area contributed by atoms with Crippen LogP contribution in [0.3, 0.4) is 0 Å². The van der Waals surface area contributed by atoms with E-state index in [9.17, 15) is 24.3 Å². The van der Waals surface area contributed by atoms with Gasteiger partial charge in [-0.1, -0.05) is 48.5 Å². The van der Waals surface area contributed by atoms with Crippen molar-refractivity contribution in [1.29, 1.82) is 0 Å². The number of rotatable bonds is 7. The van der Waals surface area contributed by atoms with E-state index in [1.54, 1.807) is 23.5 Å². The molecule has 3 N–H and O–H groups in total. The van der Waals surface area contributed by atoms with Crippen LogP contribution in [0.2, 0.25) is 0 Å². The molecule has 1 aliphatic carbocycles. The largest absolute Gasteiger partial charge is 0.481 e. The summed E-state index contributed by atoms with van der Waals surface area (Å²) in [6.45, 7) is 0.230. The molecule has 6 rings (SSSR count). The van der Waals surface area contributed by atoms with Crippen molar-refractivity contribution in [3.8, 4) is 0 Å². The number of Topliss-reactive ketones (excluding diaryl/α,β-unsaturated/α-hetero) is 1. The molecule has 40 heavy (non-hydrogen) atoms. The number of aromatic nitrogens is 1. The van der Waals surface area contributed by atoms with Gasteiger partial charge in [0.1, 0.15) is 11.8 Å². The molecule has 2 amide bonds. The van der Waals surface area contributed by atoms with Crippen LogP contribution in [0.4, 0.5) is 0 Å². The second kappa shape index (κ2) is 10.7. The van der Waals surface area contributed by atoms with Crippen molar-refractivity contribution in [2.75, 3.05) is 0 Å². The first-order chi connectivity index (χ1) is 19.4. The van der Waals surface area contributed by atoms with E-state index in [1.807, 2.05) is 64.7 Å². The van der Waals surface area contributed by atoms with Gasteiger partial charge < -0.3 is 20.3 Å². The fourth-order valence-corrected chi connectivity index (χ4v) is 7.05. The summed E-state index contributed by atoms with van der Waals surface area (Å²) in [5, 5.41) is 18.7. The van der Waals surface area contributed by atoms with Gasteiger partial charge in [0.2, 0.25) is 11.8 Å². The zero-order valence-corrected chi connectivity index (χ0v) is 22.5. The van der Waals surface area contributed by atoms with Crippen molar-refractivity contribution in [2.24, 2.45) is 5.92 Å². The molecule has 9 heteroatoms. The van der Waals surface area contributed by atoms with Gasteiger partial charge in [0, 0.05) is 35.6 Å². The van der Waals surface area contributed by atoms with Gasteiger partial charge >= 0.3 is 5.97 Å². The minimum Gasteiger partial charge on any atom is -0.481 e. The maximum absolute atomic E-state index is 13.8. The third-order valence-electron chi connectivity index (χ3n) is 8.02. The number of fused-ring (bicyclic) bond motifs is 1. The number of nitrogens with zero attached hydrogens (tertiary/aromatic N) is 1. The molecule has 0 saturated carbocycles. The number of thiophene rings is 1. The summed E-state index contributed by atoms with van der Waals surface area (Å²) in [5.74, 6) is -3.29. The topological polar surface area (TPSA) is 118 Å². The molecule has 204 valence electrons. The molecular formula is C31H29N3O5S. The molecule has 4 atom stereocenters. The van der Waals surface area contributed by atoms with E-state index in [4.69, 9.17) is 0 Å². The van der Waals surface area contributed by atoms with Crippen LogP contribution in [0.1, 0.15) is 47.2 Å². The number of aliphatic carboxylic acids is 1. The Kier molecular flexibility index (Phi) is 6.98. The lowest BCUT2D eigenvalue weighted by atomic mass is 9.79. The number of amides is 2. The van der Waals surface area contributed by atoms with Crippen molar-refractivity contribution in [2.45, 2.75) is 50.2 Å². The molecule has 2 aromatic heterocycles. The summed E-state index contributed by atoms with van der Waals surface area (Å²) in [6.07, 6.45) is 3.12. The quantitative estimate of drug-likeness (QED) is 0.319. The molecule has 0 bridgehead atoms. The van der Waals surface area contributed by atoms with Crippen LogP contribution >= 0.6 is 11.3 Å². The third-order valence-corrected chi connectivity index (χ3v) is 9.03. The second-order valence-corrected chi connectivity index (χ2v) is 11.5. The molecule has 2 aliphatic rings. The first-order valence-corrected chi connectivity index (χ1v) is 14.3. The van der Waals surface area contributed by atoms with Gasteiger partial charge in [0.15, 0.2) is 0 Å². The summed E-state index contributed by atoms with van der Waals surface area (Å²) >= 11 is 1.58. The van der Waals surface area contributed by atoms with Crippen LogP contribution in [-0.4, -0.2) is 39.3 Å². The van der Waals surface area contributed by atoms with Gasteiger partial charge in [-0.05, 0) is 52.4 Å². The molecule has 0 radical (unpaired) electrons. The summed E-state index contributed by atoms with van der Waals surface area (Å²) in [4.78, 5) is 52.2. The Morgan fingerprint density at radius 3 is 2.62 bits per heavy atom. The molecule has 0 spiro atoms. The Labute approximate surface area is 235 Å². The Morgan fingerprint density at radius 2 is 1.82 bits per heavy atom. The molecule has 4 aromatic rings. The van der Waals surface area contributed by atoms with E-state index < -0.39 is 35.8 Å². The van der Waals surface area contributed by atoms with Gasteiger partial charge in [-0.25, -0.2) is 0 Å². The van der Waals surface area contributed by atoms with E-state index >= 15 is 0 Å². The van der Waals surface area contributed by atoms with Crippen molar-refractivity contribution in [3.05, 3.63) is 94.6 Å². The number of carboxylic acids is 1. The molecule has 0 saturated heterocycles. The first-order valence-electron chi connectivity index (χ1n) is 13.4. The minimum atomic E-state index is -1.000. The lowest BCUT2D eigenvalue weighted by Crippen LogP contribution is -2.49. The van der Waals surface area contributed by atoms with Crippen molar-refractivity contribution < 1.29 is 24.3 Å². The van der Waals surface area contributed by atoms with Crippen molar-refractivity contribution in [1.82, 2.24) is 15.2 Å². The highest BCUT2D eigenvalue weighted by Crippen LogP contribution is 2.38. The Hall–Kier alpha value is -4.24. The van der Waals surface area contributed by atoms with Crippen molar-refractivity contribution >= 4 is 45.0 Å². The SMILES string of the molecule is O=C(Cc1csc2ccccc12)NC(C(=O)N[C@H]1CCc2ccn3c2C1C(=O)C[C@H](C(=O)O)C3)c1ccccc1. The number of hydrogen-bond acceptors (Lipinski definition) is 5. The zero-order chi connectivity index (χ0) is 27.8. The monoisotopic (exact) mass is 555 g/mol. The highest BCUT2D eigenvalue weighted by molar-refractivity contribution is 7.17. The van der Waals surface area contributed by atoms with Crippen LogP contribution in [0, 0.1) is 5.92 Å². The lowest BCUT2D eigenvalue weighted by Gasteiger charge is -2.33. The average molecular weight is 556 g/mol. The highest BCUT2D eigenvalue weighted by atomic mass is 32.1. The molecule has 2 aromatic carbocycles. The van der Waals surface area contributed by atoms with Crippen LogP contribution < -0.4 is 10.6 Å². The maximum Gasteiger partial charge on any atom is 0.308 e. The molecular weight excluding hydrogens is 526 g/mol. The summed E-state index contributed by atoms with van der Waals surface area (Å²) in [5.41, 5.74) is 3.37. The standard InChI is InChI=1S/C31H29N3O5S/c35-24-14-20(31(38)39)16-34-13-12-19-10-11-23(27(24)29(19)34)32-30(37)28(18-6-2-1-3-7-18)33-26(36)15-21-17-40-25-9-5-4-8-22(21)25/h1-9,12-13,17,20,23,27-28H,10-11,14-16H2,(H,32,37)(H,33,36)(H,38,39)/t20-,23-,27?,28?/m0/s1. The average Bonchev–Trinajstić information content (AvgIpc) is 3.51. The third kappa shape index (κ3) is 4.93. The smallest absolute Gasteiger partial charge is 0.308 e. The lowest BCUT2D eigenvalue weighted by molar-refractivity contribution is -0.144. The van der Waals surface area contributed by atoms with Gasteiger partial charge in [0.25, 0.3) is 0 Å². The molecule has 1 aliphatic heterocycles. The number of ketones is 1. The summed E-state index contributed by atoms with van der Waals surface area (Å²) < 4.78 is 2.96. The zero-order valence-electron chi connectivity index (χ0n) is 21.7. The van der Waals surface area contributed by atoms with Gasteiger partial charge in [0.05, 0.1) is 18.3 Å². The molecule has 0 fully saturated rings. The predicted molar refractivity (Wildman–Crippen MR) is 151 cm³/mol. The number of hydrogen-bond donors (Lipinski definition) is 3. The predicted octanol–water partition coefficient (Wildman–Crippen LogP) is 3.99. The minimum absolute atomic E-state index is 0.0824. The molecule has 8 nitrogen and oxygen atoms in total. The summed E-state index contributed by atoms with van der Waals surface area (Å²) in [6, 6.07) is 17.5. The number of carbonyl (C=O) groups excluding carboxylic acids is 3. The van der Waals surface area contributed by atoms with Crippen LogP contribution in [-0.2, 0) is 38.6 Å². The number of carboxylic acid groups (broad SMARTS) is 1. The number of benzene rings is 2. The van der Waals surface area contributed by atoms with Gasteiger partial charge in [-0.15, -0.1) is 11.3 Å². The fourth-order valence-electron chi connectivity index (χ4n) is 6.08. The van der Waals surface area contributed by atoms with Crippen LogP contribution in [0.5, 0.6) is 0 Å². The Bertz CT molecular complexity index is 1610. The number of aryl methyl sites for hydroxylation is 1. The van der Waals surface area contributed by atoms with Crippen LogP contribution in [0.15, 0.2) is 72.2 Å². The van der Waals surface area contributed by atoms with E-state index in [2.05, 4.69) is 10.6 Å². The van der Waals surface area contributed by atoms with Gasteiger partial charge in [-0.2, -0.15) is 0 Å². The van der Waals surface area contributed by atoms with Gasteiger partial charge in [-0.3, -0.25) is 19.2 Å². The van der Waals surface area contributed by atoms with E-state index in [1.165, 1.54) is 0 Å². The molecule has 2 unspecified atom stereocenters.